The van der Waals surface area contributed by atoms with Crippen molar-refractivity contribution in [1.29, 1.82) is 0 Å². The van der Waals surface area contributed by atoms with Gasteiger partial charge in [-0.3, -0.25) is 9.59 Å². The summed E-state index contributed by atoms with van der Waals surface area (Å²) in [4.78, 5) is 25.4. The van der Waals surface area contributed by atoms with Crippen LogP contribution in [0.1, 0.15) is 21.7 Å². The maximum Gasteiger partial charge on any atom is 0.272 e. The van der Waals surface area contributed by atoms with Crippen LogP contribution in [0, 0.1) is 10.5 Å². The van der Waals surface area contributed by atoms with Crippen LogP contribution in [0.4, 0.5) is 5.69 Å². The van der Waals surface area contributed by atoms with Crippen LogP contribution in [0.15, 0.2) is 77.0 Å². The summed E-state index contributed by atoms with van der Waals surface area (Å²) < 4.78 is 6.08. The molecule has 0 aliphatic heterocycles. The molecule has 0 spiro atoms. The van der Waals surface area contributed by atoms with Gasteiger partial charge in [0.05, 0.1) is 11.8 Å². The van der Waals surface area contributed by atoms with Crippen molar-refractivity contribution in [2.24, 2.45) is 0 Å². The van der Waals surface area contributed by atoms with Crippen LogP contribution in [0.5, 0.6) is 0 Å². The molecule has 0 fully saturated rings. The van der Waals surface area contributed by atoms with E-state index in [-0.39, 0.29) is 11.6 Å². The smallest absolute Gasteiger partial charge is 0.272 e. The lowest BCUT2D eigenvalue weighted by Crippen LogP contribution is -2.31. The zero-order valence-corrected chi connectivity index (χ0v) is 16.7. The summed E-state index contributed by atoms with van der Waals surface area (Å²) in [5, 5.41) is 5.48. The Balaban J connectivity index is 1.85. The lowest BCUT2D eigenvalue weighted by molar-refractivity contribution is -0.113. The van der Waals surface area contributed by atoms with E-state index < -0.39 is 5.91 Å². The van der Waals surface area contributed by atoms with Crippen molar-refractivity contribution in [2.75, 3.05) is 5.32 Å². The van der Waals surface area contributed by atoms with Crippen molar-refractivity contribution < 1.29 is 14.0 Å². The molecule has 1 heterocycles. The molecular formula is C21H17IN2O3. The largest absolute Gasteiger partial charge is 0.465 e. The molecule has 2 amide bonds. The highest BCUT2D eigenvalue weighted by atomic mass is 127. The highest BCUT2D eigenvalue weighted by molar-refractivity contribution is 14.1. The summed E-state index contributed by atoms with van der Waals surface area (Å²) in [5.41, 5.74) is 2.31. The first-order chi connectivity index (χ1) is 13.0. The molecule has 5 nitrogen and oxygen atoms in total. The molecule has 1 aromatic heterocycles. The van der Waals surface area contributed by atoms with E-state index in [4.69, 9.17) is 4.42 Å². The van der Waals surface area contributed by atoms with Gasteiger partial charge in [0.25, 0.3) is 11.8 Å². The number of aryl methyl sites for hydroxylation is 1. The fourth-order valence-corrected chi connectivity index (χ4v) is 2.98. The molecule has 0 atom stereocenters. The zero-order chi connectivity index (χ0) is 19.2. The first-order valence-electron chi connectivity index (χ1n) is 8.22. The van der Waals surface area contributed by atoms with Crippen molar-refractivity contribution in [3.8, 4) is 0 Å². The number of hydrogen-bond acceptors (Lipinski definition) is 3. The third-order valence-electron chi connectivity index (χ3n) is 3.75. The zero-order valence-electron chi connectivity index (χ0n) is 14.5. The van der Waals surface area contributed by atoms with Gasteiger partial charge in [-0.2, -0.15) is 0 Å². The van der Waals surface area contributed by atoms with Gasteiger partial charge in [0.15, 0.2) is 0 Å². The number of hydrogen-bond donors (Lipinski definition) is 2. The Bertz CT molecular complexity index is 977. The van der Waals surface area contributed by atoms with E-state index in [1.165, 1.54) is 12.3 Å². The predicted molar refractivity (Wildman–Crippen MR) is 113 cm³/mol. The number of carbonyl (C=O) groups is 2. The average Bonchev–Trinajstić information content (AvgIpc) is 3.16. The number of rotatable bonds is 5. The molecule has 6 heteroatoms. The highest BCUT2D eigenvalue weighted by Gasteiger charge is 2.17. The molecule has 27 heavy (non-hydrogen) atoms. The van der Waals surface area contributed by atoms with Crippen molar-refractivity contribution >= 4 is 46.2 Å². The van der Waals surface area contributed by atoms with Crippen molar-refractivity contribution in [1.82, 2.24) is 5.32 Å². The third kappa shape index (κ3) is 5.07. The summed E-state index contributed by atoms with van der Waals surface area (Å²) in [6.45, 7) is 1.97. The van der Waals surface area contributed by atoms with Crippen LogP contribution in [0.25, 0.3) is 6.08 Å². The SMILES string of the molecule is Cc1ccc(NC(=O)/C(=C\c2ccco2)NC(=O)c2ccccc2I)cc1. The lowest BCUT2D eigenvalue weighted by Gasteiger charge is -2.11. The summed E-state index contributed by atoms with van der Waals surface area (Å²) in [5.74, 6) is -0.335. The summed E-state index contributed by atoms with van der Waals surface area (Å²) >= 11 is 2.08. The molecule has 0 saturated heterocycles. The Morgan fingerprint density at radius 2 is 1.74 bits per heavy atom. The molecule has 0 aliphatic rings. The standard InChI is InChI=1S/C21H17IN2O3/c1-14-8-10-15(11-9-14)23-21(26)19(13-16-5-4-12-27-16)24-20(25)17-6-2-3-7-18(17)22/h2-13H,1H3,(H,23,26)(H,24,25)/b19-13+. The third-order valence-corrected chi connectivity index (χ3v) is 4.69. The van der Waals surface area contributed by atoms with Crippen LogP contribution in [-0.2, 0) is 4.79 Å². The number of anilines is 1. The molecule has 3 aromatic rings. The second kappa shape index (κ2) is 8.68. The van der Waals surface area contributed by atoms with Crippen LogP contribution in [-0.4, -0.2) is 11.8 Å². The first-order valence-corrected chi connectivity index (χ1v) is 9.30. The minimum absolute atomic E-state index is 0.0928. The second-order valence-electron chi connectivity index (χ2n) is 5.83. The summed E-state index contributed by atoms with van der Waals surface area (Å²) in [6.07, 6.45) is 3.00. The minimum atomic E-state index is -0.436. The van der Waals surface area contributed by atoms with Crippen molar-refractivity contribution in [3.63, 3.8) is 0 Å². The van der Waals surface area contributed by atoms with Crippen molar-refractivity contribution in [2.45, 2.75) is 6.92 Å². The Kier molecular flexibility index (Phi) is 6.08. The molecule has 3 rings (SSSR count). The van der Waals surface area contributed by atoms with Gasteiger partial charge in [-0.15, -0.1) is 0 Å². The van der Waals surface area contributed by atoms with Gasteiger partial charge in [-0.05, 0) is 65.9 Å². The first kappa shape index (κ1) is 18.9. The number of nitrogens with one attached hydrogen (secondary N) is 2. The summed E-state index contributed by atoms with van der Waals surface area (Å²) in [7, 11) is 0. The lowest BCUT2D eigenvalue weighted by atomic mass is 10.2. The molecule has 0 unspecified atom stereocenters. The normalized spacial score (nSPS) is 11.1. The van der Waals surface area contributed by atoms with E-state index in [2.05, 4.69) is 33.2 Å². The van der Waals surface area contributed by atoms with Gasteiger partial charge in [-0.25, -0.2) is 0 Å². The second-order valence-corrected chi connectivity index (χ2v) is 6.99. The maximum absolute atomic E-state index is 12.7. The molecule has 0 saturated carbocycles. The van der Waals surface area contributed by atoms with Crippen LogP contribution >= 0.6 is 22.6 Å². The van der Waals surface area contributed by atoms with Gasteiger partial charge in [0, 0.05) is 15.3 Å². The van der Waals surface area contributed by atoms with E-state index in [9.17, 15) is 9.59 Å². The van der Waals surface area contributed by atoms with E-state index >= 15 is 0 Å². The quantitative estimate of drug-likeness (QED) is 0.421. The fourth-order valence-electron chi connectivity index (χ4n) is 2.34. The number of amides is 2. The van der Waals surface area contributed by atoms with E-state index in [1.807, 2.05) is 31.2 Å². The Morgan fingerprint density at radius 3 is 2.41 bits per heavy atom. The summed E-state index contributed by atoms with van der Waals surface area (Å²) in [6, 6.07) is 18.0. The monoisotopic (exact) mass is 472 g/mol. The molecule has 2 aromatic carbocycles. The van der Waals surface area contributed by atoms with Crippen LogP contribution < -0.4 is 10.6 Å². The van der Waals surface area contributed by atoms with Gasteiger partial charge >= 0.3 is 0 Å². The Labute approximate surface area is 170 Å². The van der Waals surface area contributed by atoms with Gasteiger partial charge < -0.3 is 15.1 Å². The molecular weight excluding hydrogens is 455 g/mol. The van der Waals surface area contributed by atoms with Gasteiger partial charge in [0.2, 0.25) is 0 Å². The Hall–Kier alpha value is -2.87. The number of halogens is 1. The number of carbonyl (C=O) groups excluding carboxylic acids is 2. The Morgan fingerprint density at radius 1 is 1.00 bits per heavy atom. The molecule has 0 radical (unpaired) electrons. The van der Waals surface area contributed by atoms with Crippen molar-refractivity contribution in [3.05, 3.63) is 93.1 Å². The van der Waals surface area contributed by atoms with Gasteiger partial charge in [0.1, 0.15) is 11.5 Å². The molecule has 0 bridgehead atoms. The number of benzene rings is 2. The van der Waals surface area contributed by atoms with Crippen LogP contribution in [0.2, 0.25) is 0 Å². The van der Waals surface area contributed by atoms with E-state index in [0.29, 0.717) is 17.0 Å². The van der Waals surface area contributed by atoms with Crippen LogP contribution in [0.3, 0.4) is 0 Å². The maximum atomic E-state index is 12.7. The van der Waals surface area contributed by atoms with E-state index in [0.717, 1.165) is 9.13 Å². The van der Waals surface area contributed by atoms with Gasteiger partial charge in [-0.1, -0.05) is 29.8 Å². The molecule has 2 N–H and O–H groups in total. The molecule has 136 valence electrons. The topological polar surface area (TPSA) is 71.3 Å². The van der Waals surface area contributed by atoms with E-state index in [1.54, 1.807) is 36.4 Å². The minimum Gasteiger partial charge on any atom is -0.465 e. The number of furan rings is 1. The predicted octanol–water partition coefficient (Wildman–Crippen LogP) is 4.60. The highest BCUT2D eigenvalue weighted by Crippen LogP contribution is 2.15. The fraction of sp³-hybridized carbons (Fsp3) is 0.0476. The molecule has 0 aliphatic carbocycles. The average molecular weight is 472 g/mol.